The summed E-state index contributed by atoms with van der Waals surface area (Å²) in [5.41, 5.74) is 0. The Balaban J connectivity index is 7.60. The standard InChI is InChI=1S/C60H102N6O32S2/c1-3-4-5-6-36(60(97)98)66-58(94)32(9-14-47(81)63-24-41(75)52(88)55(91)44(78)27-69)21-38(72)35(11-16-49(84)85)65-57(93)31(8-13-46(80)62-23-40(74)51(87)54(90)43(77)26-68)20-37(71)34(10-15-48(82)83)64-56(92)30(19-33(70)17-18-99-100-28-29(2)59(95)96)7-12-45(79)61-22-39(73)50(86)53(89)42(76)25-67/h29-32,34-36,39-44,50-55,67-69,73-78,86-91H,3-28H2,1-2H3,(H,61,79)(H,62,80)(H,63,81)(H,64,92)(H,65,93)(H,66,94)(H,82,83)(H,84,85)(H,95,96)(H,97,98)/t29-,30+,31+,32+,34-,35-,36-,39-,40-,41-,42+,43+,44+,50+,51+,52+,53+,54+,55+/m0/s1. The van der Waals surface area contributed by atoms with Crippen LogP contribution in [-0.4, -0.2) is 316 Å². The molecule has 0 heterocycles. The van der Waals surface area contributed by atoms with Crippen LogP contribution in [0.25, 0.3) is 0 Å². The fourth-order valence-electron chi connectivity index (χ4n) is 9.34. The number of aliphatic hydroxyl groups is 15. The van der Waals surface area contributed by atoms with Crippen LogP contribution in [-0.2, 0) is 62.3 Å². The average molecular weight is 1480 g/mol. The summed E-state index contributed by atoms with van der Waals surface area (Å²) < 4.78 is 0. The highest BCUT2D eigenvalue weighted by molar-refractivity contribution is 8.76. The molecule has 0 aromatic carbocycles. The minimum absolute atomic E-state index is 0.0857. The number of hydrogen-bond acceptors (Lipinski definition) is 30. The Hall–Kier alpha value is -6.19. The molecule has 0 unspecified atom stereocenters. The number of carbonyl (C=O) groups excluding carboxylic acids is 9. The zero-order valence-electron chi connectivity index (χ0n) is 55.5. The first-order valence-corrected chi connectivity index (χ1v) is 34.8. The van der Waals surface area contributed by atoms with Crippen molar-refractivity contribution in [2.24, 2.45) is 23.7 Å². The molecule has 0 aliphatic heterocycles. The number of nitrogens with one attached hydrogen (secondary N) is 6. The zero-order chi connectivity index (χ0) is 76.5. The normalized spacial score (nSPS) is 17.3. The fraction of sp³-hybridized carbons (Fsp3) is 0.783. The Kier molecular flexibility index (Phi) is 47.9. The van der Waals surface area contributed by atoms with Crippen LogP contribution in [0.5, 0.6) is 0 Å². The molecule has 0 radical (unpaired) electrons. The third-order valence-electron chi connectivity index (χ3n) is 15.8. The SMILES string of the molecule is CCCCC[C@H](NC(=O)[C@H](CCC(=O)NC[C@H](O)[C@@H](O)[C@H](O)[C@H](O)CO)CC(=O)[C@H](CCC(=O)O)NC(=O)[C@H](CCC(=O)NC[C@H](O)[C@@H](O)[C@H](O)[C@H](O)CO)CC(=O)[C@H](CCC(=O)O)NC(=O)[C@H](CCC(=O)NC[C@H](O)[C@@H](O)[C@H](O)[C@H](O)CO)CC(=O)CCSSC[C@H](C)C(=O)O)C(=O)O. The van der Waals surface area contributed by atoms with E-state index in [4.69, 9.17) is 15.3 Å². The number of hydrogen-bond donors (Lipinski definition) is 25. The maximum Gasteiger partial charge on any atom is 0.326 e. The van der Waals surface area contributed by atoms with Crippen molar-refractivity contribution in [1.82, 2.24) is 31.9 Å². The van der Waals surface area contributed by atoms with Gasteiger partial charge < -0.3 is 129 Å². The maximum absolute atomic E-state index is 14.6. The number of rotatable bonds is 59. The summed E-state index contributed by atoms with van der Waals surface area (Å²) in [4.78, 5) is 173. The summed E-state index contributed by atoms with van der Waals surface area (Å²) in [5, 5.41) is 201. The number of Topliss-reactive ketones (excluding diaryl/α,β-unsaturated/α-hetero) is 3. The van der Waals surface area contributed by atoms with Crippen LogP contribution < -0.4 is 31.9 Å². The monoisotopic (exact) mass is 1480 g/mol. The number of carboxylic acid groups (broad SMARTS) is 4. The van der Waals surface area contributed by atoms with Gasteiger partial charge in [0.2, 0.25) is 35.4 Å². The largest absolute Gasteiger partial charge is 0.481 e. The van der Waals surface area contributed by atoms with Crippen molar-refractivity contribution in [3.8, 4) is 0 Å². The van der Waals surface area contributed by atoms with Crippen LogP contribution in [0.15, 0.2) is 0 Å². The van der Waals surface area contributed by atoms with Crippen molar-refractivity contribution in [1.29, 1.82) is 0 Å². The van der Waals surface area contributed by atoms with E-state index in [2.05, 4.69) is 31.9 Å². The van der Waals surface area contributed by atoms with Gasteiger partial charge in [-0.3, -0.25) is 57.5 Å². The van der Waals surface area contributed by atoms with Gasteiger partial charge in [0.25, 0.3) is 0 Å². The first-order chi connectivity index (χ1) is 46.9. The van der Waals surface area contributed by atoms with Crippen molar-refractivity contribution < 1.29 is 159 Å². The summed E-state index contributed by atoms with van der Waals surface area (Å²) in [6.45, 7) is -2.29. The zero-order valence-corrected chi connectivity index (χ0v) is 57.1. The van der Waals surface area contributed by atoms with E-state index in [1.807, 2.05) is 0 Å². The van der Waals surface area contributed by atoms with E-state index >= 15 is 0 Å². The lowest BCUT2D eigenvalue weighted by Crippen LogP contribution is -2.50. The van der Waals surface area contributed by atoms with Gasteiger partial charge in [-0.25, -0.2) is 4.79 Å². The van der Waals surface area contributed by atoms with Gasteiger partial charge in [0.05, 0.1) is 56.1 Å². The molecule has 19 atom stereocenters. The van der Waals surface area contributed by atoms with Gasteiger partial charge in [-0.2, -0.15) is 0 Å². The molecular formula is C60H102N6O32S2. The summed E-state index contributed by atoms with van der Waals surface area (Å²) in [5.74, 6) is -20.8. The number of carboxylic acids is 4. The summed E-state index contributed by atoms with van der Waals surface area (Å²) in [6.07, 6.45) is -33.4. The molecule has 100 heavy (non-hydrogen) atoms. The second kappa shape index (κ2) is 51.0. The maximum atomic E-state index is 14.6. The minimum Gasteiger partial charge on any atom is -0.481 e. The van der Waals surface area contributed by atoms with Crippen LogP contribution >= 0.6 is 21.6 Å². The predicted molar refractivity (Wildman–Crippen MR) is 347 cm³/mol. The highest BCUT2D eigenvalue weighted by Crippen LogP contribution is 2.27. The Labute approximate surface area is 582 Å². The van der Waals surface area contributed by atoms with Crippen molar-refractivity contribution in [3.05, 3.63) is 0 Å². The lowest BCUT2D eigenvalue weighted by Gasteiger charge is -2.26. The third kappa shape index (κ3) is 38.2. The van der Waals surface area contributed by atoms with E-state index in [-0.39, 0.29) is 24.3 Å². The Bertz CT molecular complexity index is 2580. The van der Waals surface area contributed by atoms with E-state index in [0.717, 1.165) is 21.6 Å². The number of amides is 6. The Morgan fingerprint density at radius 1 is 0.370 bits per heavy atom. The smallest absolute Gasteiger partial charge is 0.326 e. The van der Waals surface area contributed by atoms with Crippen molar-refractivity contribution >= 4 is 98.3 Å². The number of aliphatic hydroxyl groups excluding tert-OH is 15. The van der Waals surface area contributed by atoms with Crippen LogP contribution in [0, 0.1) is 23.7 Å². The second-order valence-corrected chi connectivity index (χ2v) is 26.7. The molecule has 6 amide bonds. The number of carbonyl (C=O) groups is 13. The highest BCUT2D eigenvalue weighted by atomic mass is 33.1. The summed E-state index contributed by atoms with van der Waals surface area (Å²) in [7, 11) is 2.25. The quantitative estimate of drug-likeness (QED) is 0.0199. The van der Waals surface area contributed by atoms with Gasteiger partial charge in [0, 0.05) is 107 Å². The first-order valence-electron chi connectivity index (χ1n) is 32.3. The summed E-state index contributed by atoms with van der Waals surface area (Å²) in [6, 6.07) is -5.42. The lowest BCUT2D eigenvalue weighted by molar-refractivity contribution is -0.143. The molecular weight excluding hydrogens is 1380 g/mol. The van der Waals surface area contributed by atoms with E-state index in [1.165, 1.54) is 6.92 Å². The molecule has 0 aromatic rings. The predicted octanol–water partition coefficient (Wildman–Crippen LogP) is -7.95. The molecule has 0 aliphatic carbocycles. The van der Waals surface area contributed by atoms with E-state index in [1.54, 1.807) is 6.92 Å². The molecule has 0 aliphatic rings. The van der Waals surface area contributed by atoms with Gasteiger partial charge in [-0.15, -0.1) is 0 Å². The minimum atomic E-state index is -2.17. The van der Waals surface area contributed by atoms with Crippen molar-refractivity contribution in [3.63, 3.8) is 0 Å². The average Bonchev–Trinajstić information content (AvgIpc) is 0.863. The molecule has 0 aromatic heterocycles. The fourth-order valence-corrected chi connectivity index (χ4v) is 11.7. The molecule has 0 saturated carbocycles. The Morgan fingerprint density at radius 2 is 0.700 bits per heavy atom. The van der Waals surface area contributed by atoms with Crippen LogP contribution in [0.3, 0.4) is 0 Å². The molecule has 0 rings (SSSR count). The lowest BCUT2D eigenvalue weighted by atomic mass is 9.89. The van der Waals surface area contributed by atoms with Gasteiger partial charge in [0.15, 0.2) is 11.6 Å². The number of unbranched alkanes of at least 4 members (excludes halogenated alkanes) is 2. The second-order valence-electron chi connectivity index (χ2n) is 24.1. The van der Waals surface area contributed by atoms with Crippen LogP contribution in [0.1, 0.15) is 129 Å². The molecule has 576 valence electrons. The first kappa shape index (κ1) is 93.8. The van der Waals surface area contributed by atoms with Gasteiger partial charge >= 0.3 is 23.9 Å². The van der Waals surface area contributed by atoms with Gasteiger partial charge in [-0.05, 0) is 38.5 Å². The van der Waals surface area contributed by atoms with Gasteiger partial charge in [-0.1, -0.05) is 54.7 Å². The topological polar surface area (TPSA) is 678 Å². The molecule has 0 spiro atoms. The molecule has 0 bridgehead atoms. The van der Waals surface area contributed by atoms with E-state index < -0.39 is 315 Å². The molecule has 40 heteroatoms. The molecule has 25 N–H and O–H groups in total. The van der Waals surface area contributed by atoms with Crippen molar-refractivity contribution in [2.45, 2.75) is 221 Å². The summed E-state index contributed by atoms with van der Waals surface area (Å²) >= 11 is 0. The number of ketones is 3. The molecule has 38 nitrogen and oxygen atoms in total. The third-order valence-corrected chi connectivity index (χ3v) is 18.4. The van der Waals surface area contributed by atoms with Gasteiger partial charge in [0.1, 0.15) is 66.8 Å². The van der Waals surface area contributed by atoms with E-state index in [9.17, 15) is 144 Å². The number of aliphatic carboxylic acids is 4. The van der Waals surface area contributed by atoms with Crippen LogP contribution in [0.2, 0.25) is 0 Å². The molecule has 0 fully saturated rings. The highest BCUT2D eigenvalue weighted by Gasteiger charge is 2.38. The van der Waals surface area contributed by atoms with Crippen molar-refractivity contribution in [2.75, 3.05) is 51.0 Å². The molecule has 0 saturated heterocycles. The Morgan fingerprint density at radius 3 is 1.01 bits per heavy atom. The van der Waals surface area contributed by atoms with E-state index in [0.29, 0.717) is 19.3 Å². The van der Waals surface area contributed by atoms with Crippen LogP contribution in [0.4, 0.5) is 0 Å².